The lowest BCUT2D eigenvalue weighted by molar-refractivity contribution is 0.0525. The van der Waals surface area contributed by atoms with Crippen molar-refractivity contribution in [2.75, 3.05) is 27.2 Å². The number of ether oxygens (including phenoxy) is 1. The lowest BCUT2D eigenvalue weighted by atomic mass is 10.0. The fourth-order valence-electron chi connectivity index (χ4n) is 1.49. The molecule has 0 bridgehead atoms. The van der Waals surface area contributed by atoms with Crippen LogP contribution in [0.1, 0.15) is 22.8 Å². The minimum absolute atomic E-state index is 0.225. The number of likely N-dealkylation sites (N-methyl/N-ethyl adjacent to an activating group) is 1. The molecule has 0 spiro atoms. The zero-order valence-corrected chi connectivity index (χ0v) is 10.2. The number of carbonyl (C=O) groups excluding carboxylic acids is 1. The first kappa shape index (κ1) is 12.7. The molecular weight excluding hydrogens is 202 g/mol. The molecule has 0 aliphatic carbocycles. The van der Waals surface area contributed by atoms with E-state index in [0.29, 0.717) is 12.2 Å². The van der Waals surface area contributed by atoms with Gasteiger partial charge in [-0.05, 0) is 39.1 Å². The van der Waals surface area contributed by atoms with Gasteiger partial charge in [0, 0.05) is 6.54 Å². The molecule has 0 heterocycles. The van der Waals surface area contributed by atoms with E-state index in [4.69, 9.17) is 4.74 Å². The number of carbonyl (C=O) groups is 1. The Kier molecular flexibility index (Phi) is 4.99. The van der Waals surface area contributed by atoms with Gasteiger partial charge in [-0.2, -0.15) is 0 Å². The highest BCUT2D eigenvalue weighted by atomic mass is 16.5. The van der Waals surface area contributed by atoms with E-state index in [2.05, 4.69) is 4.90 Å². The molecule has 3 nitrogen and oxygen atoms in total. The van der Waals surface area contributed by atoms with E-state index in [0.717, 1.165) is 18.5 Å². The van der Waals surface area contributed by atoms with Crippen molar-refractivity contribution in [3.8, 4) is 0 Å². The van der Waals surface area contributed by atoms with Crippen LogP contribution in [0.2, 0.25) is 0 Å². The van der Waals surface area contributed by atoms with Crippen molar-refractivity contribution in [2.24, 2.45) is 0 Å². The third-order valence-corrected chi connectivity index (χ3v) is 2.34. The van der Waals surface area contributed by atoms with Gasteiger partial charge in [-0.25, -0.2) is 4.79 Å². The zero-order valence-electron chi connectivity index (χ0n) is 10.2. The van der Waals surface area contributed by atoms with Crippen LogP contribution in [-0.4, -0.2) is 38.1 Å². The van der Waals surface area contributed by atoms with Gasteiger partial charge in [-0.15, -0.1) is 0 Å². The minimum atomic E-state index is -0.225. The SMILES string of the molecule is CCOC(=O)c1ccccc1CCN(C)C. The number of nitrogens with zero attached hydrogens (tertiary/aromatic N) is 1. The van der Waals surface area contributed by atoms with Crippen molar-refractivity contribution in [3.63, 3.8) is 0 Å². The number of esters is 1. The first-order valence-corrected chi connectivity index (χ1v) is 5.55. The second-order valence-corrected chi connectivity index (χ2v) is 3.93. The summed E-state index contributed by atoms with van der Waals surface area (Å²) in [7, 11) is 4.04. The largest absolute Gasteiger partial charge is 0.462 e. The predicted molar refractivity (Wildman–Crippen MR) is 64.7 cm³/mol. The van der Waals surface area contributed by atoms with Gasteiger partial charge in [0.05, 0.1) is 12.2 Å². The Balaban J connectivity index is 2.78. The maximum atomic E-state index is 11.7. The Morgan fingerprint density at radius 2 is 2.00 bits per heavy atom. The smallest absolute Gasteiger partial charge is 0.338 e. The molecule has 88 valence electrons. The summed E-state index contributed by atoms with van der Waals surface area (Å²) in [6.07, 6.45) is 0.863. The molecular formula is C13H19NO2. The van der Waals surface area contributed by atoms with Crippen LogP contribution < -0.4 is 0 Å². The van der Waals surface area contributed by atoms with Gasteiger partial charge < -0.3 is 9.64 Å². The van der Waals surface area contributed by atoms with Gasteiger partial charge in [0.1, 0.15) is 0 Å². The fourth-order valence-corrected chi connectivity index (χ4v) is 1.49. The quantitative estimate of drug-likeness (QED) is 0.712. The summed E-state index contributed by atoms with van der Waals surface area (Å²) in [5.41, 5.74) is 1.74. The van der Waals surface area contributed by atoms with Gasteiger partial charge in [-0.1, -0.05) is 18.2 Å². The van der Waals surface area contributed by atoms with Gasteiger partial charge in [-0.3, -0.25) is 0 Å². The molecule has 0 aromatic heterocycles. The van der Waals surface area contributed by atoms with E-state index >= 15 is 0 Å². The molecule has 1 rings (SSSR count). The third-order valence-electron chi connectivity index (χ3n) is 2.34. The molecule has 0 saturated heterocycles. The summed E-state index contributed by atoms with van der Waals surface area (Å²) >= 11 is 0. The Hall–Kier alpha value is -1.35. The number of hydrogen-bond acceptors (Lipinski definition) is 3. The van der Waals surface area contributed by atoms with Crippen LogP contribution in [0.4, 0.5) is 0 Å². The lowest BCUT2D eigenvalue weighted by Crippen LogP contribution is -2.17. The van der Waals surface area contributed by atoms with Crippen molar-refractivity contribution in [1.82, 2.24) is 4.90 Å². The Morgan fingerprint density at radius 1 is 1.31 bits per heavy atom. The van der Waals surface area contributed by atoms with Gasteiger partial charge >= 0.3 is 5.97 Å². The van der Waals surface area contributed by atoms with E-state index in [1.807, 2.05) is 45.3 Å². The average molecular weight is 221 g/mol. The molecule has 0 amide bonds. The molecule has 1 aromatic rings. The third kappa shape index (κ3) is 3.66. The van der Waals surface area contributed by atoms with Crippen LogP contribution in [0.3, 0.4) is 0 Å². The fraction of sp³-hybridized carbons (Fsp3) is 0.462. The second kappa shape index (κ2) is 6.28. The first-order valence-electron chi connectivity index (χ1n) is 5.55. The molecule has 0 N–H and O–H groups in total. The minimum Gasteiger partial charge on any atom is -0.462 e. The number of benzene rings is 1. The Morgan fingerprint density at radius 3 is 2.62 bits per heavy atom. The van der Waals surface area contributed by atoms with Crippen molar-refractivity contribution < 1.29 is 9.53 Å². The zero-order chi connectivity index (χ0) is 12.0. The van der Waals surface area contributed by atoms with Crippen LogP contribution in [0.5, 0.6) is 0 Å². The maximum absolute atomic E-state index is 11.7. The van der Waals surface area contributed by atoms with E-state index in [1.54, 1.807) is 0 Å². The molecule has 0 radical (unpaired) electrons. The standard InChI is InChI=1S/C13H19NO2/c1-4-16-13(15)12-8-6-5-7-11(12)9-10-14(2)3/h5-8H,4,9-10H2,1-3H3. The summed E-state index contributed by atoms with van der Waals surface area (Å²) in [6.45, 7) is 3.16. The highest BCUT2D eigenvalue weighted by Gasteiger charge is 2.11. The second-order valence-electron chi connectivity index (χ2n) is 3.93. The first-order chi connectivity index (χ1) is 7.65. The van der Waals surface area contributed by atoms with Gasteiger partial charge in [0.25, 0.3) is 0 Å². The van der Waals surface area contributed by atoms with Gasteiger partial charge in [0.15, 0.2) is 0 Å². The highest BCUT2D eigenvalue weighted by Crippen LogP contribution is 2.11. The molecule has 0 aliphatic rings. The molecule has 0 aliphatic heterocycles. The summed E-state index contributed by atoms with van der Waals surface area (Å²) in [5, 5.41) is 0. The molecule has 3 heteroatoms. The van der Waals surface area contributed by atoms with Crippen molar-refractivity contribution >= 4 is 5.97 Å². The van der Waals surface area contributed by atoms with E-state index in [9.17, 15) is 4.79 Å². The van der Waals surface area contributed by atoms with Crippen LogP contribution in [0.25, 0.3) is 0 Å². The van der Waals surface area contributed by atoms with Crippen molar-refractivity contribution in [1.29, 1.82) is 0 Å². The molecule has 0 atom stereocenters. The van der Waals surface area contributed by atoms with E-state index in [-0.39, 0.29) is 5.97 Å². The van der Waals surface area contributed by atoms with Crippen molar-refractivity contribution in [2.45, 2.75) is 13.3 Å². The normalized spacial score (nSPS) is 10.5. The summed E-state index contributed by atoms with van der Waals surface area (Å²) in [6, 6.07) is 7.62. The molecule has 1 aromatic carbocycles. The summed E-state index contributed by atoms with van der Waals surface area (Å²) in [4.78, 5) is 13.8. The van der Waals surface area contributed by atoms with Crippen LogP contribution in [0, 0.1) is 0 Å². The highest BCUT2D eigenvalue weighted by molar-refractivity contribution is 5.91. The lowest BCUT2D eigenvalue weighted by Gasteiger charge is -2.12. The number of hydrogen-bond donors (Lipinski definition) is 0. The molecule has 0 fully saturated rings. The summed E-state index contributed by atoms with van der Waals surface area (Å²) < 4.78 is 5.02. The summed E-state index contributed by atoms with van der Waals surface area (Å²) in [5.74, 6) is -0.225. The predicted octanol–water partition coefficient (Wildman–Crippen LogP) is 1.97. The van der Waals surface area contributed by atoms with Crippen LogP contribution in [-0.2, 0) is 11.2 Å². The number of rotatable bonds is 5. The monoisotopic (exact) mass is 221 g/mol. The average Bonchev–Trinajstić information content (AvgIpc) is 2.27. The van der Waals surface area contributed by atoms with Gasteiger partial charge in [0.2, 0.25) is 0 Å². The molecule has 0 unspecified atom stereocenters. The van der Waals surface area contributed by atoms with E-state index in [1.165, 1.54) is 0 Å². The Bertz CT molecular complexity index is 348. The van der Waals surface area contributed by atoms with Crippen LogP contribution >= 0.6 is 0 Å². The van der Waals surface area contributed by atoms with Crippen LogP contribution in [0.15, 0.2) is 24.3 Å². The molecule has 16 heavy (non-hydrogen) atoms. The molecule has 0 saturated carbocycles. The Labute approximate surface area is 97.0 Å². The maximum Gasteiger partial charge on any atom is 0.338 e. The topological polar surface area (TPSA) is 29.5 Å². The van der Waals surface area contributed by atoms with Crippen molar-refractivity contribution in [3.05, 3.63) is 35.4 Å². The van der Waals surface area contributed by atoms with E-state index < -0.39 is 0 Å².